The molecular weight excluding hydrogens is 448 g/mol. The highest BCUT2D eigenvalue weighted by Gasteiger charge is 2.36. The van der Waals surface area contributed by atoms with E-state index in [1.165, 1.54) is 23.9 Å². The van der Waals surface area contributed by atoms with Crippen molar-refractivity contribution in [2.75, 3.05) is 25.1 Å². The van der Waals surface area contributed by atoms with Crippen LogP contribution in [-0.2, 0) is 21.8 Å². The molecule has 1 aromatic heterocycles. The van der Waals surface area contributed by atoms with Crippen molar-refractivity contribution in [3.05, 3.63) is 41.2 Å². The summed E-state index contributed by atoms with van der Waals surface area (Å²) in [7, 11) is -2.57. The monoisotopic (exact) mass is 470 g/mol. The lowest BCUT2D eigenvalue weighted by molar-refractivity contribution is -0.00323. The molecule has 1 saturated heterocycles. The van der Waals surface area contributed by atoms with E-state index in [9.17, 15) is 23.6 Å². The summed E-state index contributed by atoms with van der Waals surface area (Å²) in [5.41, 5.74) is 1.55. The zero-order valence-electron chi connectivity index (χ0n) is 18.0. The predicted molar refractivity (Wildman–Crippen MR) is 117 cm³/mol. The fourth-order valence-corrected chi connectivity index (χ4v) is 4.85. The largest absolute Gasteiger partial charge is 0.488 e. The van der Waals surface area contributed by atoms with E-state index in [0.29, 0.717) is 24.5 Å². The van der Waals surface area contributed by atoms with Crippen molar-refractivity contribution in [1.29, 1.82) is 5.26 Å². The number of carbonyl (C=O) groups excluding carboxylic acids is 1. The molecule has 2 aliphatic heterocycles. The van der Waals surface area contributed by atoms with Crippen LogP contribution in [0.15, 0.2) is 29.3 Å². The van der Waals surface area contributed by atoms with Gasteiger partial charge in [-0.05, 0) is 24.6 Å². The highest BCUT2D eigenvalue weighted by Crippen LogP contribution is 2.33. The van der Waals surface area contributed by atoms with Gasteiger partial charge in [-0.25, -0.2) is 13.1 Å². The summed E-state index contributed by atoms with van der Waals surface area (Å²) in [5, 5.41) is 22.3. The number of amides is 1. The van der Waals surface area contributed by atoms with E-state index in [-0.39, 0.29) is 28.9 Å². The van der Waals surface area contributed by atoms with Gasteiger partial charge in [-0.2, -0.15) is 5.26 Å². The molecule has 0 aliphatic carbocycles. The van der Waals surface area contributed by atoms with Crippen molar-refractivity contribution < 1.29 is 27.8 Å². The van der Waals surface area contributed by atoms with Crippen molar-refractivity contribution in [2.24, 2.45) is 13.0 Å². The summed E-state index contributed by atoms with van der Waals surface area (Å²) in [6, 6.07) is 5.91. The van der Waals surface area contributed by atoms with Gasteiger partial charge in [-0.15, -0.1) is 0 Å². The van der Waals surface area contributed by atoms with E-state index in [4.69, 9.17) is 9.47 Å². The third-order valence-corrected chi connectivity index (χ3v) is 6.87. The number of aromatic nitrogens is 1. The Morgan fingerprint density at radius 1 is 1.36 bits per heavy atom. The van der Waals surface area contributed by atoms with Gasteiger partial charge in [0.25, 0.3) is 5.91 Å². The fraction of sp³-hybridized carbons (Fsp3) is 0.364. The number of aliphatic hydroxyl groups is 1. The van der Waals surface area contributed by atoms with Gasteiger partial charge in [-0.3, -0.25) is 4.79 Å². The number of hydrogen-bond acceptors (Lipinski definition) is 7. The molecule has 33 heavy (non-hydrogen) atoms. The van der Waals surface area contributed by atoms with E-state index in [1.54, 1.807) is 19.1 Å². The molecule has 0 radical (unpaired) electrons. The van der Waals surface area contributed by atoms with Crippen molar-refractivity contribution in [3.63, 3.8) is 0 Å². The van der Waals surface area contributed by atoms with Crippen LogP contribution in [0.5, 0.6) is 5.75 Å². The highest BCUT2D eigenvalue weighted by molar-refractivity contribution is 7.89. The molecule has 2 aliphatic rings. The summed E-state index contributed by atoms with van der Waals surface area (Å²) in [4.78, 5) is 12.8. The van der Waals surface area contributed by atoms with E-state index in [0.717, 1.165) is 5.56 Å². The minimum atomic E-state index is -4.10. The molecule has 1 amide bonds. The third kappa shape index (κ3) is 4.58. The Hall–Kier alpha value is -3.35. The van der Waals surface area contributed by atoms with Gasteiger partial charge < -0.3 is 24.5 Å². The second kappa shape index (κ2) is 8.89. The Morgan fingerprint density at radius 2 is 2.12 bits per heavy atom. The van der Waals surface area contributed by atoms with Gasteiger partial charge >= 0.3 is 0 Å². The molecule has 0 unspecified atom stereocenters. The molecule has 3 N–H and O–H groups in total. The summed E-state index contributed by atoms with van der Waals surface area (Å²) in [5.74, 6) is 4.78. The molecule has 0 saturated carbocycles. The number of hydrogen-bond donors (Lipinski definition) is 3. The first kappa shape index (κ1) is 22.8. The average Bonchev–Trinajstić information content (AvgIpc) is 3.01. The Bertz CT molecular complexity index is 1310. The quantitative estimate of drug-likeness (QED) is 0.555. The number of carbonyl (C=O) groups is 1. The first-order chi connectivity index (χ1) is 15.7. The van der Waals surface area contributed by atoms with Crippen LogP contribution in [0.1, 0.15) is 21.6 Å². The van der Waals surface area contributed by atoms with Crippen LogP contribution >= 0.6 is 0 Å². The zero-order chi connectivity index (χ0) is 23.8. The Morgan fingerprint density at radius 3 is 2.79 bits per heavy atom. The number of aliphatic hydroxyl groups excluding tert-OH is 1. The van der Waals surface area contributed by atoms with Gasteiger partial charge in [0.2, 0.25) is 10.0 Å². The normalized spacial score (nSPS) is 20.0. The maximum Gasteiger partial charge on any atom is 0.276 e. The Kier molecular flexibility index (Phi) is 6.15. The number of nitrogens with one attached hydrogen (secondary N) is 2. The van der Waals surface area contributed by atoms with Crippen LogP contribution in [0, 0.1) is 36.0 Å². The van der Waals surface area contributed by atoms with Crippen LogP contribution in [0.25, 0.3) is 0 Å². The molecule has 0 spiro atoms. The second-order valence-electron chi connectivity index (χ2n) is 7.88. The fourth-order valence-electron chi connectivity index (χ4n) is 3.43. The smallest absolute Gasteiger partial charge is 0.276 e. The molecule has 0 bridgehead atoms. The minimum Gasteiger partial charge on any atom is -0.488 e. The van der Waals surface area contributed by atoms with Crippen molar-refractivity contribution in [2.45, 2.75) is 24.0 Å². The Balaban J connectivity index is 1.59. The van der Waals surface area contributed by atoms with Crippen molar-refractivity contribution in [3.8, 4) is 23.7 Å². The molecule has 4 rings (SSSR count). The lowest BCUT2D eigenvalue weighted by Gasteiger charge is -2.21. The van der Waals surface area contributed by atoms with Gasteiger partial charge in [0.05, 0.1) is 36.8 Å². The summed E-state index contributed by atoms with van der Waals surface area (Å²) < 4.78 is 40.4. The minimum absolute atomic E-state index is 0.0118. The summed E-state index contributed by atoms with van der Waals surface area (Å²) in [6.45, 7) is 2.51. The number of fused-ring (bicyclic) bond motifs is 1. The lowest BCUT2D eigenvalue weighted by atomic mass is 10.1. The number of aryl methyl sites for hydroxylation is 2. The standard InChI is InChI=1S/C22H22N4O6S/c1-13-3-5-16(7-15(13)8-23)24-22(28)20-21-19(9-26(20)2)33(29,30)25-17(12-32-21)18(27)6-4-14-10-31-11-14/h3,5,7,9,14,17-18,25,27H,10-12H2,1-2H3,(H,24,28)/t17-,18+/m0/s1. The molecule has 1 aromatic carbocycles. The van der Waals surface area contributed by atoms with Gasteiger partial charge in [0.15, 0.2) is 11.4 Å². The molecular formula is C22H22N4O6S. The maximum atomic E-state index is 13.0. The molecule has 2 aromatic rings. The van der Waals surface area contributed by atoms with Crippen molar-refractivity contribution in [1.82, 2.24) is 9.29 Å². The van der Waals surface area contributed by atoms with Gasteiger partial charge in [0, 0.05) is 18.9 Å². The van der Waals surface area contributed by atoms with E-state index < -0.39 is 28.1 Å². The van der Waals surface area contributed by atoms with E-state index in [1.807, 2.05) is 0 Å². The third-order valence-electron chi connectivity index (χ3n) is 5.39. The highest BCUT2D eigenvalue weighted by atomic mass is 32.2. The van der Waals surface area contributed by atoms with Gasteiger partial charge in [0.1, 0.15) is 17.6 Å². The van der Waals surface area contributed by atoms with Crippen molar-refractivity contribution >= 4 is 21.6 Å². The van der Waals surface area contributed by atoms with Crippen LogP contribution in [0.4, 0.5) is 5.69 Å². The van der Waals surface area contributed by atoms with Crippen LogP contribution in [-0.4, -0.2) is 56.0 Å². The van der Waals surface area contributed by atoms with Crippen LogP contribution in [0.3, 0.4) is 0 Å². The predicted octanol–water partition coefficient (Wildman–Crippen LogP) is 0.508. The Labute approximate surface area is 191 Å². The first-order valence-electron chi connectivity index (χ1n) is 10.1. The average molecular weight is 471 g/mol. The topological polar surface area (TPSA) is 143 Å². The zero-order valence-corrected chi connectivity index (χ0v) is 18.8. The number of anilines is 1. The molecule has 3 heterocycles. The number of ether oxygens (including phenoxy) is 2. The van der Waals surface area contributed by atoms with E-state index >= 15 is 0 Å². The number of nitriles is 1. The molecule has 2 atom stereocenters. The molecule has 1 fully saturated rings. The molecule has 10 nitrogen and oxygen atoms in total. The maximum absolute atomic E-state index is 13.0. The van der Waals surface area contributed by atoms with E-state index in [2.05, 4.69) is 27.9 Å². The SMILES string of the molecule is Cc1ccc(NC(=O)c2c3c(cn2C)S(=O)(=O)N[C@H]([C@H](O)C#CC2COC2)CO3)cc1C#N. The lowest BCUT2D eigenvalue weighted by Crippen LogP contribution is -2.45. The summed E-state index contributed by atoms with van der Waals surface area (Å²) in [6.07, 6.45) is -0.0263. The van der Waals surface area contributed by atoms with Gasteiger partial charge in [-0.1, -0.05) is 17.9 Å². The molecule has 11 heteroatoms. The number of nitrogens with zero attached hydrogens (tertiary/aromatic N) is 2. The first-order valence-corrected chi connectivity index (χ1v) is 11.6. The van der Waals surface area contributed by atoms with Crippen LogP contribution in [0.2, 0.25) is 0 Å². The number of rotatable bonds is 3. The second-order valence-corrected chi connectivity index (χ2v) is 9.57. The van der Waals surface area contributed by atoms with Crippen LogP contribution < -0.4 is 14.8 Å². The number of sulfonamides is 1. The molecule has 172 valence electrons. The number of benzene rings is 1. The summed E-state index contributed by atoms with van der Waals surface area (Å²) >= 11 is 0.